The molecule has 0 spiro atoms. The van der Waals surface area contributed by atoms with Gasteiger partial charge in [-0.3, -0.25) is 4.68 Å². The number of hydrogen-bond donors (Lipinski definition) is 1. The van der Waals surface area contributed by atoms with Gasteiger partial charge in [-0.1, -0.05) is 17.7 Å². The molecule has 1 aromatic heterocycles. The standard InChI is InChI=1S/C11H10ClFN2O/c1-15-6-7(5-14-15)11(16)10-8(12)3-2-4-9(10)13/h2-6,11,16H,1H3. The van der Waals surface area contributed by atoms with Gasteiger partial charge in [0, 0.05) is 29.4 Å². The third kappa shape index (κ3) is 1.94. The first kappa shape index (κ1) is 11.1. The van der Waals surface area contributed by atoms with Gasteiger partial charge < -0.3 is 5.11 Å². The second kappa shape index (κ2) is 4.23. The highest BCUT2D eigenvalue weighted by Crippen LogP contribution is 2.29. The van der Waals surface area contributed by atoms with E-state index in [1.165, 1.54) is 23.0 Å². The van der Waals surface area contributed by atoms with E-state index in [2.05, 4.69) is 5.10 Å². The van der Waals surface area contributed by atoms with Crippen molar-refractivity contribution in [2.45, 2.75) is 6.10 Å². The number of halogens is 2. The molecule has 16 heavy (non-hydrogen) atoms. The number of rotatable bonds is 2. The Morgan fingerprint density at radius 1 is 1.50 bits per heavy atom. The summed E-state index contributed by atoms with van der Waals surface area (Å²) in [6.45, 7) is 0. The quantitative estimate of drug-likeness (QED) is 0.875. The maximum Gasteiger partial charge on any atom is 0.130 e. The van der Waals surface area contributed by atoms with Crippen molar-refractivity contribution in [2.75, 3.05) is 0 Å². The van der Waals surface area contributed by atoms with Gasteiger partial charge in [0.2, 0.25) is 0 Å². The van der Waals surface area contributed by atoms with Crippen molar-refractivity contribution < 1.29 is 9.50 Å². The van der Waals surface area contributed by atoms with Crippen LogP contribution in [0.25, 0.3) is 0 Å². The molecule has 84 valence electrons. The molecule has 1 heterocycles. The summed E-state index contributed by atoms with van der Waals surface area (Å²) in [4.78, 5) is 0. The Morgan fingerprint density at radius 2 is 2.25 bits per heavy atom. The van der Waals surface area contributed by atoms with Crippen molar-refractivity contribution in [1.29, 1.82) is 0 Å². The van der Waals surface area contributed by atoms with E-state index in [-0.39, 0.29) is 10.6 Å². The molecular weight excluding hydrogens is 231 g/mol. The van der Waals surface area contributed by atoms with E-state index in [0.717, 1.165) is 0 Å². The zero-order chi connectivity index (χ0) is 11.7. The summed E-state index contributed by atoms with van der Waals surface area (Å²) in [7, 11) is 1.72. The first-order valence-electron chi connectivity index (χ1n) is 4.70. The fourth-order valence-electron chi connectivity index (χ4n) is 1.52. The number of hydrogen-bond acceptors (Lipinski definition) is 2. The maximum absolute atomic E-state index is 13.5. The smallest absolute Gasteiger partial charge is 0.130 e. The Hall–Kier alpha value is -1.39. The Morgan fingerprint density at radius 3 is 2.81 bits per heavy atom. The van der Waals surface area contributed by atoms with Gasteiger partial charge in [0.25, 0.3) is 0 Å². The molecule has 2 aromatic rings. The van der Waals surface area contributed by atoms with Crippen molar-refractivity contribution in [3.8, 4) is 0 Å². The lowest BCUT2D eigenvalue weighted by molar-refractivity contribution is 0.215. The molecule has 1 atom stereocenters. The zero-order valence-corrected chi connectivity index (χ0v) is 9.32. The van der Waals surface area contributed by atoms with Gasteiger partial charge in [0.15, 0.2) is 0 Å². The minimum Gasteiger partial charge on any atom is -0.383 e. The molecule has 0 saturated heterocycles. The summed E-state index contributed by atoms with van der Waals surface area (Å²) in [5.74, 6) is -0.524. The van der Waals surface area contributed by atoms with Crippen LogP contribution in [-0.2, 0) is 7.05 Å². The molecule has 5 heteroatoms. The summed E-state index contributed by atoms with van der Waals surface area (Å²) in [5.41, 5.74) is 0.590. The molecule has 0 aliphatic rings. The van der Waals surface area contributed by atoms with Crippen LogP contribution in [0.15, 0.2) is 30.6 Å². The van der Waals surface area contributed by atoms with Crippen LogP contribution < -0.4 is 0 Å². The van der Waals surface area contributed by atoms with Gasteiger partial charge in [-0.15, -0.1) is 0 Å². The summed E-state index contributed by atoms with van der Waals surface area (Å²) < 4.78 is 15.1. The van der Waals surface area contributed by atoms with E-state index in [0.29, 0.717) is 5.56 Å². The number of benzene rings is 1. The van der Waals surface area contributed by atoms with E-state index in [1.54, 1.807) is 19.3 Å². The molecule has 0 radical (unpaired) electrons. The predicted molar refractivity (Wildman–Crippen MR) is 58.7 cm³/mol. The van der Waals surface area contributed by atoms with Gasteiger partial charge in [0.05, 0.1) is 6.20 Å². The van der Waals surface area contributed by atoms with Crippen LogP contribution in [0.2, 0.25) is 5.02 Å². The van der Waals surface area contributed by atoms with E-state index in [4.69, 9.17) is 11.6 Å². The molecule has 1 unspecified atom stereocenters. The first-order valence-corrected chi connectivity index (χ1v) is 5.08. The zero-order valence-electron chi connectivity index (χ0n) is 8.56. The normalized spacial score (nSPS) is 12.8. The summed E-state index contributed by atoms with van der Waals surface area (Å²) in [6, 6.07) is 4.30. The molecular formula is C11H10ClFN2O. The van der Waals surface area contributed by atoms with E-state index < -0.39 is 11.9 Å². The van der Waals surface area contributed by atoms with Crippen LogP contribution in [0.1, 0.15) is 17.2 Å². The number of aromatic nitrogens is 2. The Balaban J connectivity index is 2.45. The monoisotopic (exact) mass is 240 g/mol. The van der Waals surface area contributed by atoms with Crippen molar-refractivity contribution in [3.63, 3.8) is 0 Å². The predicted octanol–water partition coefficient (Wildman–Crippen LogP) is 2.29. The van der Waals surface area contributed by atoms with Crippen molar-refractivity contribution in [3.05, 3.63) is 52.6 Å². The number of aliphatic hydroxyl groups excluding tert-OH is 1. The molecule has 0 bridgehead atoms. The number of aryl methyl sites for hydroxylation is 1. The van der Waals surface area contributed by atoms with Crippen LogP contribution in [0.4, 0.5) is 4.39 Å². The van der Waals surface area contributed by atoms with Crippen LogP contribution >= 0.6 is 11.6 Å². The minimum absolute atomic E-state index is 0.0807. The second-order valence-electron chi connectivity index (χ2n) is 3.49. The highest BCUT2D eigenvalue weighted by molar-refractivity contribution is 6.31. The highest BCUT2D eigenvalue weighted by atomic mass is 35.5. The molecule has 1 N–H and O–H groups in total. The molecule has 2 rings (SSSR count). The molecule has 0 aliphatic heterocycles. The Bertz CT molecular complexity index is 492. The van der Waals surface area contributed by atoms with E-state index in [1.807, 2.05) is 0 Å². The average Bonchev–Trinajstić information content (AvgIpc) is 2.64. The van der Waals surface area contributed by atoms with Gasteiger partial charge in [0.1, 0.15) is 11.9 Å². The van der Waals surface area contributed by atoms with Crippen molar-refractivity contribution in [1.82, 2.24) is 9.78 Å². The summed E-state index contributed by atoms with van der Waals surface area (Å²) >= 11 is 5.85. The van der Waals surface area contributed by atoms with Gasteiger partial charge in [-0.2, -0.15) is 5.10 Å². The van der Waals surface area contributed by atoms with Crippen LogP contribution in [0, 0.1) is 5.82 Å². The topological polar surface area (TPSA) is 38.0 Å². The molecule has 0 saturated carbocycles. The number of nitrogens with zero attached hydrogens (tertiary/aromatic N) is 2. The third-order valence-corrected chi connectivity index (χ3v) is 2.64. The summed E-state index contributed by atoms with van der Waals surface area (Å²) in [6.07, 6.45) is 2.00. The molecule has 3 nitrogen and oxygen atoms in total. The lowest BCUT2D eigenvalue weighted by Gasteiger charge is -2.11. The van der Waals surface area contributed by atoms with Gasteiger partial charge in [-0.05, 0) is 12.1 Å². The van der Waals surface area contributed by atoms with Gasteiger partial charge in [-0.25, -0.2) is 4.39 Å². The molecule has 0 fully saturated rings. The van der Waals surface area contributed by atoms with Crippen LogP contribution in [-0.4, -0.2) is 14.9 Å². The Labute approximate surface area is 97.1 Å². The molecule has 1 aromatic carbocycles. The van der Waals surface area contributed by atoms with E-state index in [9.17, 15) is 9.50 Å². The third-order valence-electron chi connectivity index (χ3n) is 2.31. The lowest BCUT2D eigenvalue weighted by Crippen LogP contribution is -2.02. The Kier molecular flexibility index (Phi) is 2.94. The second-order valence-corrected chi connectivity index (χ2v) is 3.89. The molecule has 0 amide bonds. The average molecular weight is 241 g/mol. The van der Waals surface area contributed by atoms with Crippen LogP contribution in [0.3, 0.4) is 0 Å². The fraction of sp³-hybridized carbons (Fsp3) is 0.182. The van der Waals surface area contributed by atoms with E-state index >= 15 is 0 Å². The van der Waals surface area contributed by atoms with Gasteiger partial charge >= 0.3 is 0 Å². The minimum atomic E-state index is -1.10. The summed E-state index contributed by atoms with van der Waals surface area (Å²) in [5, 5.41) is 14.1. The van der Waals surface area contributed by atoms with Crippen molar-refractivity contribution >= 4 is 11.6 Å². The fourth-order valence-corrected chi connectivity index (χ4v) is 1.79. The number of aliphatic hydroxyl groups is 1. The largest absolute Gasteiger partial charge is 0.383 e. The molecule has 0 aliphatic carbocycles. The lowest BCUT2D eigenvalue weighted by atomic mass is 10.0. The van der Waals surface area contributed by atoms with Crippen molar-refractivity contribution in [2.24, 2.45) is 7.05 Å². The first-order chi connectivity index (χ1) is 7.59. The maximum atomic E-state index is 13.5. The SMILES string of the molecule is Cn1cc(C(O)c2c(F)cccc2Cl)cn1. The van der Waals surface area contributed by atoms with Crippen LogP contribution in [0.5, 0.6) is 0 Å². The highest BCUT2D eigenvalue weighted by Gasteiger charge is 2.19.